The molecule has 32 heavy (non-hydrogen) atoms. The van der Waals surface area contributed by atoms with Gasteiger partial charge in [-0.1, -0.05) is 6.58 Å². The second-order valence-electron chi connectivity index (χ2n) is 8.36. The third-order valence-electron chi connectivity index (χ3n) is 6.06. The van der Waals surface area contributed by atoms with Crippen LogP contribution in [0.25, 0.3) is 0 Å². The first kappa shape index (κ1) is 22.4. The minimum absolute atomic E-state index is 0.295. The van der Waals surface area contributed by atoms with E-state index >= 15 is 0 Å². The van der Waals surface area contributed by atoms with Crippen LogP contribution in [0.2, 0.25) is 0 Å². The zero-order valence-electron chi connectivity index (χ0n) is 19.0. The van der Waals surface area contributed by atoms with Crippen molar-refractivity contribution in [2.75, 3.05) is 51.4 Å². The highest BCUT2D eigenvalue weighted by Gasteiger charge is 2.41. The molecule has 0 amide bonds. The summed E-state index contributed by atoms with van der Waals surface area (Å²) in [7, 11) is 1.50. The Hall–Kier alpha value is -2.77. The zero-order valence-corrected chi connectivity index (χ0v) is 19.0. The molecule has 4 rings (SSSR count). The molecule has 2 aliphatic rings. The molecule has 2 aromatic carbocycles. The summed E-state index contributed by atoms with van der Waals surface area (Å²) in [6.07, 6.45) is -0.295. The van der Waals surface area contributed by atoms with Crippen LogP contribution >= 0.6 is 0 Å². The molecule has 2 aromatic rings. The van der Waals surface area contributed by atoms with E-state index in [-0.39, 0.29) is 6.10 Å². The summed E-state index contributed by atoms with van der Waals surface area (Å²) in [6, 6.07) is 12.8. The van der Waals surface area contributed by atoms with Gasteiger partial charge in [0.05, 0.1) is 13.7 Å². The van der Waals surface area contributed by atoms with Gasteiger partial charge >= 0.3 is 0 Å². The van der Waals surface area contributed by atoms with Gasteiger partial charge < -0.3 is 28.7 Å². The molecule has 2 atom stereocenters. The predicted molar refractivity (Wildman–Crippen MR) is 122 cm³/mol. The minimum atomic E-state index is -1.15. The van der Waals surface area contributed by atoms with Crippen molar-refractivity contribution in [1.82, 2.24) is 4.90 Å². The number of hydrogen-bond acceptors (Lipinski definition) is 6. The Morgan fingerprint density at radius 3 is 2.44 bits per heavy atom. The van der Waals surface area contributed by atoms with E-state index in [1.807, 2.05) is 12.1 Å². The van der Waals surface area contributed by atoms with Crippen molar-refractivity contribution in [2.45, 2.75) is 25.7 Å². The molecule has 0 aliphatic carbocycles. The smallest absolute Gasteiger partial charge is 0.195 e. The molecule has 0 aromatic heterocycles. The summed E-state index contributed by atoms with van der Waals surface area (Å²) in [4.78, 5) is 4.68. The molecule has 0 N–H and O–H groups in total. The molecule has 2 saturated heterocycles. The van der Waals surface area contributed by atoms with E-state index in [1.165, 1.54) is 18.9 Å². The number of anilines is 1. The highest BCUT2D eigenvalue weighted by Crippen LogP contribution is 2.36. The van der Waals surface area contributed by atoms with Gasteiger partial charge in [0.15, 0.2) is 5.79 Å². The van der Waals surface area contributed by atoms with E-state index in [0.29, 0.717) is 24.5 Å². The van der Waals surface area contributed by atoms with E-state index in [2.05, 4.69) is 35.4 Å². The molecule has 0 saturated carbocycles. The van der Waals surface area contributed by atoms with Gasteiger partial charge in [0.2, 0.25) is 0 Å². The molecule has 172 valence electrons. The van der Waals surface area contributed by atoms with Gasteiger partial charge in [-0.25, -0.2) is 4.39 Å². The maximum Gasteiger partial charge on any atom is 0.195 e. The molecular formula is C25H31FN2O4. The van der Waals surface area contributed by atoms with Gasteiger partial charge in [-0.3, -0.25) is 0 Å². The largest absolute Gasteiger partial charge is 0.497 e. The van der Waals surface area contributed by atoms with Crippen molar-refractivity contribution in [3.8, 4) is 11.5 Å². The van der Waals surface area contributed by atoms with Gasteiger partial charge in [0.25, 0.3) is 0 Å². The van der Waals surface area contributed by atoms with E-state index in [9.17, 15) is 4.39 Å². The van der Waals surface area contributed by atoms with E-state index < -0.39 is 11.6 Å². The Balaban J connectivity index is 1.30. The first-order chi connectivity index (χ1) is 15.4. The normalized spacial score (nSPS) is 23.3. The maximum atomic E-state index is 14.5. The second-order valence-corrected chi connectivity index (χ2v) is 8.36. The van der Waals surface area contributed by atoms with Crippen LogP contribution < -0.4 is 14.4 Å². The van der Waals surface area contributed by atoms with E-state index in [4.69, 9.17) is 18.9 Å². The van der Waals surface area contributed by atoms with Crippen LogP contribution in [-0.4, -0.2) is 57.5 Å². The quantitative estimate of drug-likeness (QED) is 0.642. The van der Waals surface area contributed by atoms with Crippen LogP contribution in [-0.2, 0) is 15.3 Å². The fourth-order valence-corrected chi connectivity index (χ4v) is 4.14. The predicted octanol–water partition coefficient (Wildman–Crippen LogP) is 4.16. The van der Waals surface area contributed by atoms with Crippen molar-refractivity contribution >= 4 is 5.69 Å². The van der Waals surface area contributed by atoms with Crippen LogP contribution in [0.1, 0.15) is 19.4 Å². The number of allylic oxidation sites excluding steroid dienone is 1. The standard InChI is InChI=1S/C25H31FN2O4/c1-18(2)27-11-13-28(14-12-27)19-5-7-20(8-6-19)30-16-22-17-31-25(3,32-22)23-10-9-21(29-4)15-24(23)26/h5-10,15,22H,1,11-14,16-17H2,2-4H3. The number of hydrogen-bond donors (Lipinski definition) is 0. The molecule has 6 nitrogen and oxygen atoms in total. The van der Waals surface area contributed by atoms with Gasteiger partial charge in [0, 0.05) is 49.2 Å². The molecule has 2 heterocycles. The lowest BCUT2D eigenvalue weighted by Gasteiger charge is -2.37. The molecule has 2 unspecified atom stereocenters. The summed E-state index contributed by atoms with van der Waals surface area (Å²) in [5.74, 6) is -0.357. The second kappa shape index (κ2) is 9.38. The summed E-state index contributed by atoms with van der Waals surface area (Å²) >= 11 is 0. The Labute approximate surface area is 189 Å². The van der Waals surface area contributed by atoms with Crippen LogP contribution in [0.5, 0.6) is 11.5 Å². The molecular weight excluding hydrogens is 411 g/mol. The lowest BCUT2D eigenvalue weighted by atomic mass is 10.1. The Morgan fingerprint density at radius 1 is 1.12 bits per heavy atom. The summed E-state index contributed by atoms with van der Waals surface area (Å²) in [6.45, 7) is 12.4. The van der Waals surface area contributed by atoms with Crippen LogP contribution in [0, 0.1) is 5.82 Å². The Kier molecular flexibility index (Phi) is 6.58. The first-order valence-corrected chi connectivity index (χ1v) is 10.9. The fraction of sp³-hybridized carbons (Fsp3) is 0.440. The average molecular weight is 443 g/mol. The summed E-state index contributed by atoms with van der Waals surface area (Å²) in [5.41, 5.74) is 2.65. The number of benzene rings is 2. The monoisotopic (exact) mass is 442 g/mol. The molecule has 0 spiro atoms. The Morgan fingerprint density at radius 2 is 1.81 bits per heavy atom. The number of ether oxygens (including phenoxy) is 4. The number of halogens is 1. The van der Waals surface area contributed by atoms with Crippen LogP contribution in [0.4, 0.5) is 10.1 Å². The van der Waals surface area contributed by atoms with Gasteiger partial charge in [-0.2, -0.15) is 0 Å². The first-order valence-electron chi connectivity index (χ1n) is 10.9. The SMILES string of the molecule is C=C(C)N1CCN(c2ccc(OCC3COC(C)(c4ccc(OC)cc4F)O3)cc2)CC1. The number of piperazine rings is 1. The van der Waals surface area contributed by atoms with Crippen LogP contribution in [0.15, 0.2) is 54.7 Å². The molecule has 0 radical (unpaired) electrons. The molecule has 2 aliphatic heterocycles. The zero-order chi connectivity index (χ0) is 22.7. The molecule has 2 fully saturated rings. The number of nitrogens with zero attached hydrogens (tertiary/aromatic N) is 2. The molecule has 7 heteroatoms. The van der Waals surface area contributed by atoms with Crippen molar-refractivity contribution in [2.24, 2.45) is 0 Å². The average Bonchev–Trinajstić information content (AvgIpc) is 3.19. The van der Waals surface area contributed by atoms with E-state index in [1.54, 1.807) is 19.1 Å². The van der Waals surface area contributed by atoms with Crippen molar-refractivity contribution in [1.29, 1.82) is 0 Å². The number of rotatable bonds is 7. The van der Waals surface area contributed by atoms with E-state index in [0.717, 1.165) is 37.6 Å². The number of methoxy groups -OCH3 is 1. The summed E-state index contributed by atoms with van der Waals surface area (Å²) in [5, 5.41) is 0. The Bertz CT molecular complexity index is 943. The molecule has 0 bridgehead atoms. The maximum absolute atomic E-state index is 14.5. The topological polar surface area (TPSA) is 43.4 Å². The van der Waals surface area contributed by atoms with Gasteiger partial charge in [-0.05, 0) is 50.2 Å². The minimum Gasteiger partial charge on any atom is -0.497 e. The third kappa shape index (κ3) is 4.84. The van der Waals surface area contributed by atoms with Crippen molar-refractivity contribution in [3.63, 3.8) is 0 Å². The highest BCUT2D eigenvalue weighted by atomic mass is 19.1. The van der Waals surface area contributed by atoms with Crippen molar-refractivity contribution in [3.05, 3.63) is 66.1 Å². The van der Waals surface area contributed by atoms with Gasteiger partial charge in [0.1, 0.15) is 30.0 Å². The fourth-order valence-electron chi connectivity index (χ4n) is 4.14. The van der Waals surface area contributed by atoms with Gasteiger partial charge in [-0.15, -0.1) is 0 Å². The summed E-state index contributed by atoms with van der Waals surface area (Å²) < 4.78 is 37.3. The third-order valence-corrected chi connectivity index (χ3v) is 6.06. The highest BCUT2D eigenvalue weighted by molar-refractivity contribution is 5.49. The lowest BCUT2D eigenvalue weighted by molar-refractivity contribution is -0.166. The lowest BCUT2D eigenvalue weighted by Crippen LogP contribution is -2.45. The van der Waals surface area contributed by atoms with Crippen molar-refractivity contribution < 1.29 is 23.3 Å². The van der Waals surface area contributed by atoms with Crippen LogP contribution in [0.3, 0.4) is 0 Å².